The monoisotopic (exact) mass is 201 g/mol. The summed E-state index contributed by atoms with van der Waals surface area (Å²) in [5.41, 5.74) is 5.83. The van der Waals surface area contributed by atoms with Crippen LogP contribution in [0.25, 0.3) is 0 Å². The zero-order valence-electron chi connectivity index (χ0n) is 10.1. The normalized spacial score (nSPS) is 10.3. The fourth-order valence-electron chi connectivity index (χ4n) is 1.96. The van der Waals surface area contributed by atoms with Crippen LogP contribution in [0, 0.1) is 27.4 Å². The molecule has 0 aliphatic rings. The summed E-state index contributed by atoms with van der Waals surface area (Å²) in [6, 6.07) is 4.44. The van der Waals surface area contributed by atoms with Gasteiger partial charge in [-0.2, -0.15) is 0 Å². The molecule has 0 N–H and O–H groups in total. The Morgan fingerprint density at radius 2 is 1.73 bits per heavy atom. The van der Waals surface area contributed by atoms with E-state index in [0.29, 0.717) is 0 Å². The Bertz CT molecular complexity index is 334. The molecule has 0 heteroatoms. The number of hydrogen-bond acceptors (Lipinski definition) is 0. The number of benzene rings is 1. The van der Waals surface area contributed by atoms with Crippen molar-refractivity contribution in [2.75, 3.05) is 0 Å². The van der Waals surface area contributed by atoms with E-state index in [4.69, 9.17) is 6.58 Å². The van der Waals surface area contributed by atoms with E-state index in [-0.39, 0.29) is 0 Å². The van der Waals surface area contributed by atoms with Gasteiger partial charge in [0.25, 0.3) is 0 Å². The molecule has 15 heavy (non-hydrogen) atoms. The molecule has 0 spiro atoms. The second-order valence-electron chi connectivity index (χ2n) is 4.28. The Balaban J connectivity index is 2.67. The van der Waals surface area contributed by atoms with Gasteiger partial charge in [-0.05, 0) is 68.7 Å². The van der Waals surface area contributed by atoms with Crippen LogP contribution in [0.3, 0.4) is 0 Å². The van der Waals surface area contributed by atoms with Crippen LogP contribution in [-0.4, -0.2) is 0 Å². The van der Waals surface area contributed by atoms with E-state index in [1.54, 1.807) is 6.08 Å². The summed E-state index contributed by atoms with van der Waals surface area (Å²) < 4.78 is 0. The molecule has 0 fully saturated rings. The highest BCUT2D eigenvalue weighted by molar-refractivity contribution is 5.39. The lowest BCUT2D eigenvalue weighted by atomic mass is 9.94. The molecule has 0 saturated carbocycles. The van der Waals surface area contributed by atoms with Crippen LogP contribution < -0.4 is 0 Å². The van der Waals surface area contributed by atoms with Crippen molar-refractivity contribution in [2.24, 2.45) is 0 Å². The lowest BCUT2D eigenvalue weighted by molar-refractivity contribution is 0.742. The van der Waals surface area contributed by atoms with Crippen LogP contribution in [0.4, 0.5) is 0 Å². The maximum Gasteiger partial charge on any atom is -0.0273 e. The van der Waals surface area contributed by atoms with E-state index in [2.05, 4.69) is 32.9 Å². The quantitative estimate of drug-likeness (QED) is 0.623. The van der Waals surface area contributed by atoms with Crippen LogP contribution in [0.2, 0.25) is 0 Å². The van der Waals surface area contributed by atoms with Crippen molar-refractivity contribution in [3.05, 3.63) is 47.0 Å². The second kappa shape index (κ2) is 5.75. The highest BCUT2D eigenvalue weighted by Gasteiger charge is 2.04. The minimum absolute atomic E-state index is 1.03. The Morgan fingerprint density at radius 3 is 2.40 bits per heavy atom. The summed E-state index contributed by atoms with van der Waals surface area (Å²) >= 11 is 0. The fourth-order valence-corrected chi connectivity index (χ4v) is 1.96. The molecule has 0 aliphatic heterocycles. The van der Waals surface area contributed by atoms with Crippen molar-refractivity contribution in [3.8, 4) is 0 Å². The minimum Gasteiger partial charge on any atom is -0.0845 e. The molecule has 0 saturated heterocycles. The molecule has 0 aliphatic carbocycles. The minimum atomic E-state index is 1.03. The van der Waals surface area contributed by atoms with Crippen molar-refractivity contribution in [1.29, 1.82) is 0 Å². The van der Waals surface area contributed by atoms with Gasteiger partial charge in [-0.3, -0.25) is 0 Å². The first-order valence-electron chi connectivity index (χ1n) is 5.76. The van der Waals surface area contributed by atoms with Gasteiger partial charge in [0.15, 0.2) is 0 Å². The molecule has 0 bridgehead atoms. The number of aryl methyl sites for hydroxylation is 2. The van der Waals surface area contributed by atoms with E-state index < -0.39 is 0 Å². The summed E-state index contributed by atoms with van der Waals surface area (Å²) in [5, 5.41) is 0. The molecule has 1 aromatic rings. The van der Waals surface area contributed by atoms with E-state index in [1.807, 2.05) is 0 Å². The molecule has 0 aromatic heterocycles. The highest BCUT2D eigenvalue weighted by atomic mass is 14.1. The van der Waals surface area contributed by atoms with Crippen molar-refractivity contribution >= 4 is 0 Å². The molecule has 0 atom stereocenters. The van der Waals surface area contributed by atoms with Crippen LogP contribution in [0.5, 0.6) is 0 Å². The molecule has 0 amide bonds. The number of hydrogen-bond donors (Lipinski definition) is 0. The number of unbranched alkanes of at least 4 members (excludes halogenated alkanes) is 2. The van der Waals surface area contributed by atoms with Gasteiger partial charge >= 0.3 is 0 Å². The third-order valence-corrected chi connectivity index (χ3v) is 3.15. The number of rotatable bonds is 5. The summed E-state index contributed by atoms with van der Waals surface area (Å²) in [5.74, 6) is 0. The van der Waals surface area contributed by atoms with Crippen molar-refractivity contribution < 1.29 is 0 Å². The fraction of sp³-hybridized carbons (Fsp3) is 0.467. The largest absolute Gasteiger partial charge is 0.0845 e. The molecular formula is C15H21. The predicted octanol–water partition coefficient (Wildman–Crippen LogP) is 4.31. The zero-order valence-corrected chi connectivity index (χ0v) is 10.1. The summed E-state index contributed by atoms with van der Waals surface area (Å²) in [6.07, 6.45) is 6.41. The maximum absolute atomic E-state index is 5.37. The van der Waals surface area contributed by atoms with Crippen molar-refractivity contribution in [2.45, 2.75) is 46.5 Å². The lowest BCUT2D eigenvalue weighted by Crippen LogP contribution is -1.96. The smallest absolute Gasteiger partial charge is 0.0273 e. The average Bonchev–Trinajstić information content (AvgIpc) is 2.23. The first kappa shape index (κ1) is 12.0. The Kier molecular flexibility index (Phi) is 4.61. The summed E-state index contributed by atoms with van der Waals surface area (Å²) in [4.78, 5) is 0. The molecular weight excluding hydrogens is 180 g/mol. The van der Waals surface area contributed by atoms with E-state index in [9.17, 15) is 0 Å². The first-order valence-corrected chi connectivity index (χ1v) is 5.76. The van der Waals surface area contributed by atoms with Crippen LogP contribution in [0.1, 0.15) is 41.5 Å². The standard InChI is InChI=1S/C15H21/c1-5-6-7-8-9-15-13(3)11-10-12(2)14(15)4/h1,5,10-11H,6-9H2,2-4H3. The second-order valence-corrected chi connectivity index (χ2v) is 4.28. The Morgan fingerprint density at radius 1 is 1.07 bits per heavy atom. The third kappa shape index (κ3) is 3.23. The topological polar surface area (TPSA) is 0 Å². The SMILES string of the molecule is [CH]=CCCCCc1c(C)ccc(C)c1C. The van der Waals surface area contributed by atoms with Gasteiger partial charge in [-0.15, -0.1) is 0 Å². The molecule has 0 unspecified atom stereocenters. The van der Waals surface area contributed by atoms with Gasteiger partial charge in [0.1, 0.15) is 0 Å². The van der Waals surface area contributed by atoms with Crippen LogP contribution in [-0.2, 0) is 6.42 Å². The highest BCUT2D eigenvalue weighted by Crippen LogP contribution is 2.19. The van der Waals surface area contributed by atoms with Gasteiger partial charge in [-0.1, -0.05) is 24.8 Å². The van der Waals surface area contributed by atoms with E-state index in [0.717, 1.165) is 6.42 Å². The summed E-state index contributed by atoms with van der Waals surface area (Å²) in [6.45, 7) is 12.0. The van der Waals surface area contributed by atoms with Crippen molar-refractivity contribution in [1.82, 2.24) is 0 Å². The Labute approximate surface area is 94.0 Å². The van der Waals surface area contributed by atoms with Gasteiger partial charge in [-0.25, -0.2) is 0 Å². The van der Waals surface area contributed by atoms with Gasteiger partial charge in [0, 0.05) is 0 Å². The van der Waals surface area contributed by atoms with Gasteiger partial charge < -0.3 is 0 Å². The van der Waals surface area contributed by atoms with Gasteiger partial charge in [0.05, 0.1) is 0 Å². The molecule has 81 valence electrons. The average molecular weight is 201 g/mol. The van der Waals surface area contributed by atoms with E-state index in [1.165, 1.54) is 41.5 Å². The number of allylic oxidation sites excluding steroid dienone is 1. The van der Waals surface area contributed by atoms with Gasteiger partial charge in [0.2, 0.25) is 0 Å². The lowest BCUT2D eigenvalue weighted by Gasteiger charge is -2.11. The van der Waals surface area contributed by atoms with Crippen molar-refractivity contribution in [3.63, 3.8) is 0 Å². The van der Waals surface area contributed by atoms with Crippen LogP contribution >= 0.6 is 0 Å². The molecule has 0 nitrogen and oxygen atoms in total. The maximum atomic E-state index is 5.37. The van der Waals surface area contributed by atoms with Crippen LogP contribution in [0.15, 0.2) is 18.2 Å². The summed E-state index contributed by atoms with van der Waals surface area (Å²) in [7, 11) is 0. The molecule has 1 radical (unpaired) electrons. The zero-order chi connectivity index (χ0) is 11.3. The Hall–Kier alpha value is -1.04. The third-order valence-electron chi connectivity index (χ3n) is 3.15. The predicted molar refractivity (Wildman–Crippen MR) is 67.1 cm³/mol. The first-order chi connectivity index (χ1) is 7.16. The molecule has 0 heterocycles. The van der Waals surface area contributed by atoms with E-state index >= 15 is 0 Å². The molecule has 1 aromatic carbocycles. The molecule has 1 rings (SSSR count).